The Balaban J connectivity index is 2.16. The maximum absolute atomic E-state index is 13.9. The van der Waals surface area contributed by atoms with Crippen LogP contribution < -0.4 is 5.43 Å². The minimum Gasteiger partial charge on any atom is -0.287 e. The fourth-order valence-corrected chi connectivity index (χ4v) is 3.77. The second-order valence-electron chi connectivity index (χ2n) is 6.56. The van der Waals surface area contributed by atoms with Crippen LogP contribution in [0.1, 0.15) is 31.9 Å². The number of alkyl halides is 3. The van der Waals surface area contributed by atoms with E-state index in [1.807, 2.05) is 12.1 Å². The highest BCUT2D eigenvalue weighted by Crippen LogP contribution is 2.44. The molecule has 1 N–H and O–H groups in total. The summed E-state index contributed by atoms with van der Waals surface area (Å²) in [4.78, 5) is 11.7. The summed E-state index contributed by atoms with van der Waals surface area (Å²) in [5, 5.41) is 2.57. The fraction of sp³-hybridized carbons (Fsp3) is 0.353. The van der Waals surface area contributed by atoms with Crippen molar-refractivity contribution in [2.45, 2.75) is 38.0 Å². The Labute approximate surface area is 145 Å². The van der Waals surface area contributed by atoms with E-state index in [9.17, 15) is 18.0 Å². The molecule has 2 aromatic rings. The van der Waals surface area contributed by atoms with E-state index in [-0.39, 0.29) is 12.0 Å². The standard InChI is InChI=1S/C17H16BrF3N2O/c1-16(2)9-14(24)22-23(16)15(17(19,20)21)11-7-10-5-3-4-6-12(10)13(18)8-11/h3-8,15H,9H2,1-2H3,(H,22,24). The second kappa shape index (κ2) is 5.74. The Morgan fingerprint density at radius 3 is 2.50 bits per heavy atom. The van der Waals surface area contributed by atoms with Crippen molar-refractivity contribution in [3.63, 3.8) is 0 Å². The summed E-state index contributed by atoms with van der Waals surface area (Å²) in [6.45, 7) is 3.25. The molecule has 0 aliphatic carbocycles. The lowest BCUT2D eigenvalue weighted by atomic mass is 9.95. The molecule has 0 radical (unpaired) electrons. The Kier molecular flexibility index (Phi) is 4.12. The van der Waals surface area contributed by atoms with Gasteiger partial charge in [-0.15, -0.1) is 0 Å². The first-order valence-electron chi connectivity index (χ1n) is 7.43. The maximum atomic E-state index is 13.9. The molecule has 1 aliphatic rings. The van der Waals surface area contributed by atoms with E-state index in [0.29, 0.717) is 9.86 Å². The number of nitrogens with zero attached hydrogens (tertiary/aromatic N) is 1. The van der Waals surface area contributed by atoms with Gasteiger partial charge in [0.1, 0.15) is 0 Å². The van der Waals surface area contributed by atoms with Crippen LogP contribution in [-0.4, -0.2) is 22.6 Å². The Bertz CT molecular complexity index is 804. The van der Waals surface area contributed by atoms with Gasteiger partial charge in [0.2, 0.25) is 5.91 Å². The molecule has 1 atom stereocenters. The third-order valence-corrected chi connectivity index (χ3v) is 4.86. The summed E-state index contributed by atoms with van der Waals surface area (Å²) in [7, 11) is 0. The van der Waals surface area contributed by atoms with Crippen LogP contribution in [0.5, 0.6) is 0 Å². The van der Waals surface area contributed by atoms with E-state index < -0.39 is 23.7 Å². The number of hydrazine groups is 1. The van der Waals surface area contributed by atoms with Crippen molar-refractivity contribution in [3.05, 3.63) is 46.4 Å². The lowest BCUT2D eigenvalue weighted by Crippen LogP contribution is -2.51. The lowest BCUT2D eigenvalue weighted by Gasteiger charge is -2.38. The van der Waals surface area contributed by atoms with Gasteiger partial charge in [-0.1, -0.05) is 40.2 Å². The average molecular weight is 401 g/mol. The van der Waals surface area contributed by atoms with Gasteiger partial charge in [-0.2, -0.15) is 18.2 Å². The van der Waals surface area contributed by atoms with Crippen molar-refractivity contribution in [2.75, 3.05) is 0 Å². The molecule has 3 rings (SSSR count). The van der Waals surface area contributed by atoms with Crippen LogP contribution in [0.3, 0.4) is 0 Å². The monoisotopic (exact) mass is 400 g/mol. The van der Waals surface area contributed by atoms with E-state index >= 15 is 0 Å². The van der Waals surface area contributed by atoms with Gasteiger partial charge in [0.05, 0.1) is 0 Å². The highest BCUT2D eigenvalue weighted by atomic mass is 79.9. The van der Waals surface area contributed by atoms with Gasteiger partial charge < -0.3 is 0 Å². The zero-order valence-electron chi connectivity index (χ0n) is 13.1. The Hall–Kier alpha value is -1.60. The molecular weight excluding hydrogens is 385 g/mol. The highest BCUT2D eigenvalue weighted by Gasteiger charge is 2.53. The summed E-state index contributed by atoms with van der Waals surface area (Å²) in [5.74, 6) is -0.408. The van der Waals surface area contributed by atoms with E-state index in [2.05, 4.69) is 21.4 Å². The SMILES string of the molecule is CC1(C)CC(=O)NN1C(c1cc(Br)c2ccccc2c1)C(F)(F)F. The number of hydrogen-bond acceptors (Lipinski definition) is 2. The van der Waals surface area contributed by atoms with E-state index in [1.165, 1.54) is 12.1 Å². The molecule has 3 nitrogen and oxygen atoms in total. The number of carbonyl (C=O) groups is 1. The third kappa shape index (κ3) is 3.02. The van der Waals surface area contributed by atoms with Crippen LogP contribution in [0.4, 0.5) is 13.2 Å². The zero-order chi connectivity index (χ0) is 17.7. The molecule has 7 heteroatoms. The average Bonchev–Trinajstić information content (AvgIpc) is 2.70. The fourth-order valence-electron chi connectivity index (χ4n) is 3.15. The number of hydrogen-bond donors (Lipinski definition) is 1. The van der Waals surface area contributed by atoms with Crippen LogP contribution in [0, 0.1) is 0 Å². The van der Waals surface area contributed by atoms with Gasteiger partial charge >= 0.3 is 6.18 Å². The molecule has 1 amide bonds. The summed E-state index contributed by atoms with van der Waals surface area (Å²) in [5.41, 5.74) is 1.53. The number of fused-ring (bicyclic) bond motifs is 1. The molecule has 1 saturated heterocycles. The van der Waals surface area contributed by atoms with Gasteiger partial charge in [-0.25, -0.2) is 0 Å². The number of rotatable bonds is 2. The second-order valence-corrected chi connectivity index (χ2v) is 7.42. The molecule has 1 fully saturated rings. The quantitative estimate of drug-likeness (QED) is 0.790. The number of carbonyl (C=O) groups excluding carboxylic acids is 1. The van der Waals surface area contributed by atoms with Gasteiger partial charge in [0.25, 0.3) is 0 Å². The van der Waals surface area contributed by atoms with Crippen LogP contribution in [-0.2, 0) is 4.79 Å². The smallest absolute Gasteiger partial charge is 0.287 e. The molecule has 0 saturated carbocycles. The highest BCUT2D eigenvalue weighted by molar-refractivity contribution is 9.10. The molecule has 1 aliphatic heterocycles. The van der Waals surface area contributed by atoms with Crippen molar-refractivity contribution < 1.29 is 18.0 Å². The van der Waals surface area contributed by atoms with Crippen molar-refractivity contribution in [2.24, 2.45) is 0 Å². The molecule has 1 unspecified atom stereocenters. The van der Waals surface area contributed by atoms with Crippen LogP contribution in [0.15, 0.2) is 40.9 Å². The first-order valence-corrected chi connectivity index (χ1v) is 8.22. The number of benzene rings is 2. The molecule has 128 valence electrons. The molecule has 24 heavy (non-hydrogen) atoms. The lowest BCUT2D eigenvalue weighted by molar-refractivity contribution is -0.203. The number of nitrogens with one attached hydrogen (secondary N) is 1. The van der Waals surface area contributed by atoms with Crippen molar-refractivity contribution in [1.82, 2.24) is 10.4 Å². The van der Waals surface area contributed by atoms with Gasteiger partial charge in [-0.3, -0.25) is 10.2 Å². The number of halogens is 4. The van der Waals surface area contributed by atoms with E-state index in [0.717, 1.165) is 10.4 Å². The molecule has 1 heterocycles. The zero-order valence-corrected chi connectivity index (χ0v) is 14.7. The topological polar surface area (TPSA) is 32.3 Å². The predicted molar refractivity (Wildman–Crippen MR) is 89.1 cm³/mol. The summed E-state index contributed by atoms with van der Waals surface area (Å²) in [6.07, 6.45) is -4.51. The Morgan fingerprint density at radius 2 is 1.92 bits per heavy atom. The number of amides is 1. The van der Waals surface area contributed by atoms with Gasteiger partial charge in [0.15, 0.2) is 6.04 Å². The van der Waals surface area contributed by atoms with Crippen molar-refractivity contribution in [1.29, 1.82) is 0 Å². The molecule has 0 spiro atoms. The summed E-state index contributed by atoms with van der Waals surface area (Å²) in [6, 6.07) is 8.30. The first-order chi connectivity index (χ1) is 11.1. The molecule has 0 bridgehead atoms. The normalized spacial score (nSPS) is 19.5. The molecule has 0 aromatic heterocycles. The van der Waals surface area contributed by atoms with Crippen molar-refractivity contribution >= 4 is 32.6 Å². The Morgan fingerprint density at radius 1 is 1.25 bits per heavy atom. The summed E-state index contributed by atoms with van der Waals surface area (Å²) >= 11 is 3.36. The van der Waals surface area contributed by atoms with Crippen molar-refractivity contribution in [3.8, 4) is 0 Å². The first kappa shape index (κ1) is 17.2. The summed E-state index contributed by atoms with van der Waals surface area (Å²) < 4.78 is 42.1. The molecule has 2 aromatic carbocycles. The van der Waals surface area contributed by atoms with E-state index in [1.54, 1.807) is 26.0 Å². The minimum absolute atomic E-state index is 0.0222. The largest absolute Gasteiger partial charge is 0.409 e. The van der Waals surface area contributed by atoms with E-state index in [4.69, 9.17) is 0 Å². The molecular formula is C17H16BrF3N2O. The van der Waals surface area contributed by atoms with Crippen LogP contribution >= 0.6 is 15.9 Å². The minimum atomic E-state index is -4.53. The predicted octanol–water partition coefficient (Wildman–Crippen LogP) is 4.72. The van der Waals surface area contributed by atoms with Crippen LogP contribution in [0.2, 0.25) is 0 Å². The third-order valence-electron chi connectivity index (χ3n) is 4.21. The van der Waals surface area contributed by atoms with Gasteiger partial charge in [-0.05, 0) is 42.3 Å². The maximum Gasteiger partial charge on any atom is 0.409 e. The van der Waals surface area contributed by atoms with Gasteiger partial charge in [0, 0.05) is 16.4 Å². The van der Waals surface area contributed by atoms with Crippen LogP contribution in [0.25, 0.3) is 10.8 Å².